The van der Waals surface area contributed by atoms with Gasteiger partial charge in [0.1, 0.15) is 11.6 Å². The predicted octanol–water partition coefficient (Wildman–Crippen LogP) is 3.59. The summed E-state index contributed by atoms with van der Waals surface area (Å²) in [4.78, 5) is 11.7. The second-order valence-electron chi connectivity index (χ2n) is 7.13. The maximum Gasteiger partial charge on any atom is 0.141 e. The summed E-state index contributed by atoms with van der Waals surface area (Å²) in [6.07, 6.45) is 10.3. The minimum atomic E-state index is 0.555. The molecule has 0 saturated carbocycles. The minimum Gasteiger partial charge on any atom is -0.351 e. The number of rotatable bonds is 5. The summed E-state index contributed by atoms with van der Waals surface area (Å²) < 4.78 is 4.07. The minimum absolute atomic E-state index is 0.555. The standard InChI is InChI=1S/C20H26N6/c1-4-25-11-9-18(23-25)14-24-12-10-21-20(24)17-7-8-19(22-13-17)26-15(2)5-6-16(26)3/h7-13,15-16H,4-6,14H2,1-3H3/t15-,16-/m0/s1. The highest BCUT2D eigenvalue weighted by molar-refractivity contribution is 5.57. The molecule has 2 atom stereocenters. The molecule has 0 amide bonds. The first-order chi connectivity index (χ1) is 12.7. The third-order valence-corrected chi connectivity index (χ3v) is 5.29. The van der Waals surface area contributed by atoms with Gasteiger partial charge in [-0.3, -0.25) is 4.68 Å². The van der Waals surface area contributed by atoms with Crippen LogP contribution in [-0.2, 0) is 13.1 Å². The summed E-state index contributed by atoms with van der Waals surface area (Å²) >= 11 is 0. The van der Waals surface area contributed by atoms with Gasteiger partial charge in [0.25, 0.3) is 0 Å². The molecule has 1 aliphatic heterocycles. The van der Waals surface area contributed by atoms with Gasteiger partial charge < -0.3 is 9.47 Å². The van der Waals surface area contributed by atoms with Crippen molar-refractivity contribution in [3.05, 3.63) is 48.7 Å². The lowest BCUT2D eigenvalue weighted by Crippen LogP contribution is -2.33. The van der Waals surface area contributed by atoms with Gasteiger partial charge in [0.15, 0.2) is 0 Å². The van der Waals surface area contributed by atoms with Crippen molar-refractivity contribution >= 4 is 5.82 Å². The summed E-state index contributed by atoms with van der Waals surface area (Å²) in [5.74, 6) is 1.99. The van der Waals surface area contributed by atoms with E-state index >= 15 is 0 Å². The van der Waals surface area contributed by atoms with Crippen LogP contribution in [0.25, 0.3) is 11.4 Å². The van der Waals surface area contributed by atoms with Gasteiger partial charge in [-0.1, -0.05) is 0 Å². The molecule has 1 aliphatic rings. The Hall–Kier alpha value is -2.63. The van der Waals surface area contributed by atoms with E-state index in [2.05, 4.69) is 58.5 Å². The Kier molecular flexibility index (Phi) is 4.49. The molecule has 26 heavy (non-hydrogen) atoms. The maximum absolute atomic E-state index is 4.74. The smallest absolute Gasteiger partial charge is 0.141 e. The van der Waals surface area contributed by atoms with Crippen LogP contribution in [0.5, 0.6) is 0 Å². The molecule has 3 aromatic rings. The Balaban J connectivity index is 1.56. The van der Waals surface area contributed by atoms with E-state index in [9.17, 15) is 0 Å². The van der Waals surface area contributed by atoms with Crippen LogP contribution in [0.4, 0.5) is 5.82 Å². The Labute approximate surface area is 154 Å². The average Bonchev–Trinajstić information content (AvgIpc) is 3.37. The highest BCUT2D eigenvalue weighted by Crippen LogP contribution is 2.29. The summed E-state index contributed by atoms with van der Waals surface area (Å²) in [6.45, 7) is 8.25. The average molecular weight is 350 g/mol. The van der Waals surface area contributed by atoms with Crippen molar-refractivity contribution in [3.8, 4) is 11.4 Å². The van der Waals surface area contributed by atoms with E-state index in [1.54, 1.807) is 0 Å². The van der Waals surface area contributed by atoms with Crippen LogP contribution in [0.2, 0.25) is 0 Å². The maximum atomic E-state index is 4.74. The number of hydrogen-bond acceptors (Lipinski definition) is 4. The first-order valence-corrected chi connectivity index (χ1v) is 9.44. The molecule has 6 heteroatoms. The highest BCUT2D eigenvalue weighted by atomic mass is 15.3. The largest absolute Gasteiger partial charge is 0.351 e. The molecule has 3 aromatic heterocycles. The van der Waals surface area contributed by atoms with Crippen LogP contribution in [0, 0.1) is 0 Å². The van der Waals surface area contributed by atoms with Crippen molar-refractivity contribution in [3.63, 3.8) is 0 Å². The normalized spacial score (nSPS) is 20.0. The van der Waals surface area contributed by atoms with Crippen LogP contribution in [0.1, 0.15) is 39.3 Å². The van der Waals surface area contributed by atoms with Gasteiger partial charge in [0.05, 0.1) is 12.2 Å². The lowest BCUT2D eigenvalue weighted by atomic mass is 10.2. The van der Waals surface area contributed by atoms with Gasteiger partial charge in [0.2, 0.25) is 0 Å². The van der Waals surface area contributed by atoms with Crippen LogP contribution >= 0.6 is 0 Å². The van der Waals surface area contributed by atoms with E-state index in [1.165, 1.54) is 12.8 Å². The van der Waals surface area contributed by atoms with Gasteiger partial charge in [-0.25, -0.2) is 9.97 Å². The van der Waals surface area contributed by atoms with Crippen LogP contribution in [-0.4, -0.2) is 36.4 Å². The molecule has 6 nitrogen and oxygen atoms in total. The van der Waals surface area contributed by atoms with Crippen molar-refractivity contribution in [1.29, 1.82) is 0 Å². The first kappa shape index (κ1) is 16.8. The van der Waals surface area contributed by atoms with E-state index in [-0.39, 0.29) is 0 Å². The van der Waals surface area contributed by atoms with Crippen LogP contribution < -0.4 is 4.90 Å². The monoisotopic (exact) mass is 350 g/mol. The molecule has 0 radical (unpaired) electrons. The van der Waals surface area contributed by atoms with Crippen molar-refractivity contribution in [2.45, 2.75) is 58.8 Å². The third kappa shape index (κ3) is 3.11. The molecule has 1 fully saturated rings. The molecule has 0 unspecified atom stereocenters. The van der Waals surface area contributed by atoms with E-state index in [4.69, 9.17) is 4.98 Å². The van der Waals surface area contributed by atoms with Gasteiger partial charge >= 0.3 is 0 Å². The molecular weight excluding hydrogens is 324 g/mol. The van der Waals surface area contributed by atoms with Crippen molar-refractivity contribution < 1.29 is 0 Å². The number of pyridine rings is 1. The molecule has 0 spiro atoms. The fourth-order valence-corrected chi connectivity index (χ4v) is 3.85. The molecule has 0 aliphatic carbocycles. The van der Waals surface area contributed by atoms with E-state index in [1.807, 2.05) is 29.5 Å². The van der Waals surface area contributed by atoms with E-state index in [0.29, 0.717) is 18.6 Å². The summed E-state index contributed by atoms with van der Waals surface area (Å²) in [5.41, 5.74) is 2.07. The summed E-state index contributed by atoms with van der Waals surface area (Å²) in [5, 5.41) is 4.57. The second-order valence-corrected chi connectivity index (χ2v) is 7.13. The number of aryl methyl sites for hydroxylation is 1. The van der Waals surface area contributed by atoms with Crippen molar-refractivity contribution in [1.82, 2.24) is 24.3 Å². The molecule has 0 bridgehead atoms. The Bertz CT molecular complexity index is 853. The number of imidazole rings is 1. The molecular formula is C20H26N6. The van der Waals surface area contributed by atoms with Crippen molar-refractivity contribution in [2.24, 2.45) is 0 Å². The Morgan fingerprint density at radius 2 is 1.85 bits per heavy atom. The van der Waals surface area contributed by atoms with Crippen LogP contribution in [0.15, 0.2) is 43.0 Å². The second kappa shape index (κ2) is 6.94. The SMILES string of the molecule is CCn1ccc(Cn2ccnc2-c2ccc(N3[C@@H](C)CC[C@@H]3C)nc2)n1. The van der Waals surface area contributed by atoms with Crippen LogP contribution in [0.3, 0.4) is 0 Å². The summed E-state index contributed by atoms with van der Waals surface area (Å²) in [7, 11) is 0. The zero-order valence-electron chi connectivity index (χ0n) is 15.7. The molecule has 0 aromatic carbocycles. The fraction of sp³-hybridized carbons (Fsp3) is 0.450. The third-order valence-electron chi connectivity index (χ3n) is 5.29. The number of hydrogen-bond donors (Lipinski definition) is 0. The summed E-state index contributed by atoms with van der Waals surface area (Å²) in [6, 6.07) is 7.42. The topological polar surface area (TPSA) is 51.8 Å². The fourth-order valence-electron chi connectivity index (χ4n) is 3.85. The molecule has 4 rings (SSSR count). The molecule has 0 N–H and O–H groups in total. The number of anilines is 1. The lowest BCUT2D eigenvalue weighted by Gasteiger charge is -2.27. The Morgan fingerprint density at radius 3 is 2.50 bits per heavy atom. The van der Waals surface area contributed by atoms with Gasteiger partial charge in [-0.05, 0) is 51.8 Å². The number of aromatic nitrogens is 5. The Morgan fingerprint density at radius 1 is 1.04 bits per heavy atom. The lowest BCUT2D eigenvalue weighted by molar-refractivity contribution is 0.636. The van der Waals surface area contributed by atoms with Gasteiger partial charge in [-0.2, -0.15) is 5.10 Å². The van der Waals surface area contributed by atoms with Gasteiger partial charge in [0, 0.05) is 49.0 Å². The molecule has 4 heterocycles. The van der Waals surface area contributed by atoms with Crippen molar-refractivity contribution in [2.75, 3.05) is 4.90 Å². The van der Waals surface area contributed by atoms with E-state index in [0.717, 1.165) is 29.4 Å². The zero-order valence-corrected chi connectivity index (χ0v) is 15.7. The van der Waals surface area contributed by atoms with E-state index < -0.39 is 0 Å². The predicted molar refractivity (Wildman–Crippen MR) is 103 cm³/mol. The highest BCUT2D eigenvalue weighted by Gasteiger charge is 2.28. The first-order valence-electron chi connectivity index (χ1n) is 9.44. The van der Waals surface area contributed by atoms with Gasteiger partial charge in [-0.15, -0.1) is 0 Å². The molecule has 1 saturated heterocycles. The zero-order chi connectivity index (χ0) is 18.1. The quantitative estimate of drug-likeness (QED) is 0.706. The molecule has 136 valence electrons. The number of nitrogens with zero attached hydrogens (tertiary/aromatic N) is 6.